The van der Waals surface area contributed by atoms with Gasteiger partial charge in [-0.1, -0.05) is 24.7 Å². The minimum Gasteiger partial charge on any atom is -0.664 e. The molecule has 2 saturated heterocycles. The average Bonchev–Trinajstić information content (AvgIpc) is 2.89. The van der Waals surface area contributed by atoms with Crippen molar-refractivity contribution in [1.29, 1.82) is 0 Å². The molecule has 0 aliphatic carbocycles. The molecule has 0 amide bonds. The van der Waals surface area contributed by atoms with Crippen molar-refractivity contribution < 1.29 is 42.5 Å². The van der Waals surface area contributed by atoms with Crippen molar-refractivity contribution in [2.45, 2.75) is 25.7 Å². The molecule has 12 heteroatoms. The van der Waals surface area contributed by atoms with Gasteiger partial charge in [-0.3, -0.25) is 0 Å². The van der Waals surface area contributed by atoms with Crippen molar-refractivity contribution in [1.82, 2.24) is 0 Å². The second-order valence-electron chi connectivity index (χ2n) is 9.44. The molecule has 0 unspecified atom stereocenters. The van der Waals surface area contributed by atoms with E-state index in [9.17, 15) is 0 Å². The summed E-state index contributed by atoms with van der Waals surface area (Å²) in [5, 5.41) is 36.8. The van der Waals surface area contributed by atoms with Crippen molar-refractivity contribution in [3.05, 3.63) is 42.5 Å². The SMILES string of the molecule is C1C[N-]CC[N-]CC(CCOCCOCCC2C[N-]CC[N-]CCC[N-]CC[N-]C2)C[N-]CC[N-]C1.[Ni+2].[Ni+2]. The second-order valence-corrected chi connectivity index (χ2v) is 9.44. The smallest absolute Gasteiger partial charge is 0.664 e. The van der Waals surface area contributed by atoms with Crippen LogP contribution < -0.4 is 0 Å². The van der Waals surface area contributed by atoms with Crippen LogP contribution in [0.4, 0.5) is 0 Å². The van der Waals surface area contributed by atoms with Crippen molar-refractivity contribution in [2.75, 3.05) is 131 Å². The van der Waals surface area contributed by atoms with Crippen molar-refractivity contribution in [3.63, 3.8) is 0 Å². The Morgan fingerprint density at radius 2 is 0.658 bits per heavy atom. The molecule has 0 aromatic rings. The average molecular weight is 624 g/mol. The van der Waals surface area contributed by atoms with Crippen LogP contribution in [0.25, 0.3) is 42.5 Å². The first-order valence-corrected chi connectivity index (χ1v) is 14.2. The van der Waals surface area contributed by atoms with Crippen LogP contribution in [0.15, 0.2) is 0 Å². The molecule has 2 aliphatic rings. The quantitative estimate of drug-likeness (QED) is 0.269. The molecule has 0 saturated carbocycles. The first kappa shape index (κ1) is 38.6. The fourth-order valence-corrected chi connectivity index (χ4v) is 4.00. The van der Waals surface area contributed by atoms with E-state index in [-0.39, 0.29) is 33.0 Å². The summed E-state index contributed by atoms with van der Waals surface area (Å²) in [4.78, 5) is 0. The molecule has 38 heavy (non-hydrogen) atoms. The third-order valence-corrected chi connectivity index (χ3v) is 6.19. The normalized spacial score (nSPS) is 21.8. The van der Waals surface area contributed by atoms with Crippen LogP contribution in [0.1, 0.15) is 25.7 Å². The molecule has 0 aromatic heterocycles. The van der Waals surface area contributed by atoms with E-state index >= 15 is 0 Å². The number of ether oxygens (including phenoxy) is 2. The molecule has 0 atom stereocenters. The molecular weight excluding hydrogens is 574 g/mol. The van der Waals surface area contributed by atoms with Gasteiger partial charge in [-0.15, -0.1) is 26.2 Å². The zero-order valence-electron chi connectivity index (χ0n) is 23.2. The Balaban J connectivity index is 0.00000684. The largest absolute Gasteiger partial charge is 2.00 e. The van der Waals surface area contributed by atoms with E-state index in [1.54, 1.807) is 0 Å². The Labute approximate surface area is 253 Å². The second kappa shape index (κ2) is 30.5. The molecule has 2 aliphatic heterocycles. The Morgan fingerprint density at radius 1 is 0.368 bits per heavy atom. The third kappa shape index (κ3) is 24.4. The van der Waals surface area contributed by atoms with Gasteiger partial charge in [0.05, 0.1) is 13.2 Å². The van der Waals surface area contributed by atoms with Gasteiger partial charge in [0.25, 0.3) is 0 Å². The van der Waals surface area contributed by atoms with Gasteiger partial charge < -0.3 is 52.0 Å². The fraction of sp³-hybridized carbons (Fsp3) is 1.00. The Morgan fingerprint density at radius 3 is 0.974 bits per heavy atom. The molecule has 230 valence electrons. The molecule has 2 fully saturated rings. The maximum atomic E-state index is 5.85. The summed E-state index contributed by atoms with van der Waals surface area (Å²) in [5.41, 5.74) is 0. The minimum atomic E-state index is 0. The Bertz CT molecular complexity index is 407. The Kier molecular flexibility index (Phi) is 31.0. The summed E-state index contributed by atoms with van der Waals surface area (Å²) in [5.74, 6) is 0.883. The fourth-order valence-electron chi connectivity index (χ4n) is 4.00. The van der Waals surface area contributed by atoms with Crippen LogP contribution in [-0.2, 0) is 42.5 Å². The van der Waals surface area contributed by atoms with Crippen LogP contribution in [0.5, 0.6) is 0 Å². The summed E-state index contributed by atoms with van der Waals surface area (Å²) in [6.07, 6.45) is 4.04. The number of hydrogen-bond acceptors (Lipinski definition) is 2. The van der Waals surface area contributed by atoms with Crippen molar-refractivity contribution in [3.8, 4) is 0 Å². The van der Waals surface area contributed by atoms with Crippen LogP contribution in [-0.4, -0.2) is 131 Å². The third-order valence-electron chi connectivity index (χ3n) is 6.19. The molecule has 0 N–H and O–H groups in total. The predicted molar refractivity (Wildman–Crippen MR) is 152 cm³/mol. The van der Waals surface area contributed by atoms with E-state index in [4.69, 9.17) is 9.47 Å². The van der Waals surface area contributed by atoms with Gasteiger partial charge in [0.1, 0.15) is 0 Å². The first-order valence-electron chi connectivity index (χ1n) is 14.2. The molecule has 2 heterocycles. The van der Waals surface area contributed by atoms with Crippen LogP contribution in [0, 0.1) is 11.8 Å². The van der Waals surface area contributed by atoms with E-state index in [0.29, 0.717) is 25.0 Å². The van der Waals surface area contributed by atoms with E-state index in [2.05, 4.69) is 42.5 Å². The maximum absolute atomic E-state index is 5.85. The minimum absolute atomic E-state index is 0. The molecule has 2 rings (SSSR count). The van der Waals surface area contributed by atoms with Crippen molar-refractivity contribution >= 4 is 0 Å². The van der Waals surface area contributed by atoms with Crippen LogP contribution in [0.2, 0.25) is 0 Å². The maximum Gasteiger partial charge on any atom is 2.00 e. The molecule has 0 spiro atoms. The number of hydrogen-bond donors (Lipinski definition) is 0. The van der Waals surface area contributed by atoms with Crippen LogP contribution in [0.3, 0.4) is 0 Å². The molecule has 0 radical (unpaired) electrons. The zero-order valence-corrected chi connectivity index (χ0v) is 25.1. The van der Waals surface area contributed by atoms with Gasteiger partial charge in [-0.2, -0.15) is 78.5 Å². The van der Waals surface area contributed by atoms with Crippen molar-refractivity contribution in [2.24, 2.45) is 11.8 Å². The Hall–Kier alpha value is 0.587. The van der Waals surface area contributed by atoms with Gasteiger partial charge >= 0.3 is 33.0 Å². The monoisotopic (exact) mass is 622 g/mol. The first-order chi connectivity index (χ1) is 17.9. The van der Waals surface area contributed by atoms with Gasteiger partial charge in [-0.25, -0.2) is 0 Å². The van der Waals surface area contributed by atoms with Gasteiger partial charge in [0, 0.05) is 13.2 Å². The summed E-state index contributed by atoms with van der Waals surface area (Å²) in [6.45, 7) is 16.2. The number of nitrogens with zero attached hydrogens (tertiary/aromatic N) is 8. The molecule has 0 aromatic carbocycles. The van der Waals surface area contributed by atoms with Gasteiger partial charge in [-0.05, 0) is 12.8 Å². The summed E-state index contributed by atoms with van der Waals surface area (Å²) in [7, 11) is 0. The van der Waals surface area contributed by atoms with Crippen LogP contribution >= 0.6 is 0 Å². The van der Waals surface area contributed by atoms with E-state index in [0.717, 1.165) is 144 Å². The molecule has 10 nitrogen and oxygen atoms in total. The van der Waals surface area contributed by atoms with E-state index in [1.807, 2.05) is 0 Å². The summed E-state index contributed by atoms with van der Waals surface area (Å²) in [6, 6.07) is 0. The standard InChI is InChI=1S/C26H50N8O2.2Ni/c1-5-27-9-13-31-21-25(22-32-14-10-28-6-1)3-17-35-19-20-36-18-4-26-23-33-15-11-29-7-2-8-30-12-16-34-24-26;;/h25-26H,1-24H2;;/q-8;2*+2. The van der Waals surface area contributed by atoms with E-state index < -0.39 is 0 Å². The predicted octanol–water partition coefficient (Wildman–Crippen LogP) is 4.82. The van der Waals surface area contributed by atoms with Gasteiger partial charge in [0.15, 0.2) is 0 Å². The topological polar surface area (TPSA) is 131 Å². The zero-order chi connectivity index (χ0) is 25.2. The van der Waals surface area contributed by atoms with E-state index in [1.165, 1.54) is 0 Å². The summed E-state index contributed by atoms with van der Waals surface area (Å²) < 4.78 is 11.7. The van der Waals surface area contributed by atoms with Gasteiger partial charge in [0.2, 0.25) is 0 Å². The summed E-state index contributed by atoms with van der Waals surface area (Å²) >= 11 is 0. The number of rotatable bonds is 9. The molecule has 0 bridgehead atoms. The molecular formula is C26H50N8Ni2O2-4.